The average Bonchev–Trinajstić information content (AvgIpc) is 2.51. The summed E-state index contributed by atoms with van der Waals surface area (Å²) in [5, 5.41) is 9.35. The molecule has 0 atom stereocenters. The topological polar surface area (TPSA) is 38.7 Å². The highest BCUT2D eigenvalue weighted by atomic mass is 19.1. The van der Waals surface area contributed by atoms with E-state index in [0.717, 1.165) is 0 Å². The molecule has 0 unspecified atom stereocenters. The summed E-state index contributed by atoms with van der Waals surface area (Å²) in [5.74, 6) is 0.0914. The molecule has 1 aliphatic heterocycles. The van der Waals surface area contributed by atoms with E-state index in [4.69, 9.17) is 9.39 Å². The Balaban J connectivity index is 2.60. The molecule has 0 aromatic heterocycles. The van der Waals surface area contributed by atoms with Gasteiger partial charge in [-0.3, -0.25) is 0 Å². The molecule has 1 aliphatic rings. The molecule has 13 heavy (non-hydrogen) atoms. The molecule has 0 aliphatic carbocycles. The fourth-order valence-corrected chi connectivity index (χ4v) is 1.46. The van der Waals surface area contributed by atoms with Crippen LogP contribution in [0.1, 0.15) is 5.56 Å². The Morgan fingerprint density at radius 3 is 3.08 bits per heavy atom. The fourth-order valence-electron chi connectivity index (χ4n) is 1.46. The third-order valence-electron chi connectivity index (χ3n) is 2.11. The molecule has 0 spiro atoms. The number of fused-ring (bicyclic) bond motifs is 1. The molecule has 0 bridgehead atoms. The van der Waals surface area contributed by atoms with Gasteiger partial charge in [-0.15, -0.1) is 0 Å². The van der Waals surface area contributed by atoms with E-state index >= 15 is 0 Å². The zero-order valence-corrected chi connectivity index (χ0v) is 7.08. The van der Waals surface area contributed by atoms with E-state index in [9.17, 15) is 9.41 Å². The lowest BCUT2D eigenvalue weighted by Crippen LogP contribution is -2.29. The van der Waals surface area contributed by atoms with Crippen molar-refractivity contribution >= 4 is 12.6 Å². The molecule has 1 heterocycles. The van der Waals surface area contributed by atoms with Gasteiger partial charge in [0.2, 0.25) is 0 Å². The van der Waals surface area contributed by atoms with Crippen molar-refractivity contribution in [2.24, 2.45) is 0 Å². The summed E-state index contributed by atoms with van der Waals surface area (Å²) in [6.07, 6.45) is 0. The normalized spacial score (nSPS) is 14.5. The Morgan fingerprint density at radius 2 is 2.38 bits per heavy atom. The van der Waals surface area contributed by atoms with Gasteiger partial charge in [-0.2, -0.15) is 0 Å². The van der Waals surface area contributed by atoms with E-state index in [-0.39, 0.29) is 12.4 Å². The van der Waals surface area contributed by atoms with Crippen molar-refractivity contribution in [2.45, 2.75) is 6.61 Å². The number of hydrogen-bond acceptors (Lipinski definition) is 3. The lowest BCUT2D eigenvalue weighted by atomic mass is 9.78. The highest BCUT2D eigenvalue weighted by molar-refractivity contribution is 6.62. The maximum atomic E-state index is 13.1. The van der Waals surface area contributed by atoms with E-state index in [1.165, 1.54) is 19.2 Å². The van der Waals surface area contributed by atoms with Gasteiger partial charge in [0.05, 0.1) is 13.7 Å². The average molecular weight is 182 g/mol. The van der Waals surface area contributed by atoms with Gasteiger partial charge in [0, 0.05) is 11.0 Å². The Bertz CT molecular complexity index is 342. The molecule has 0 fully saturated rings. The zero-order chi connectivity index (χ0) is 9.42. The van der Waals surface area contributed by atoms with Crippen molar-refractivity contribution < 1.29 is 18.8 Å². The van der Waals surface area contributed by atoms with Gasteiger partial charge in [-0.25, -0.2) is 4.39 Å². The first-order valence-corrected chi connectivity index (χ1v) is 3.89. The summed E-state index contributed by atoms with van der Waals surface area (Å²) >= 11 is 0. The molecule has 5 heteroatoms. The first-order valence-electron chi connectivity index (χ1n) is 3.89. The first-order chi connectivity index (χ1) is 6.24. The smallest absolute Gasteiger partial charge is 0.495 e. The third kappa shape index (κ3) is 1.20. The van der Waals surface area contributed by atoms with E-state index in [2.05, 4.69) is 0 Å². The van der Waals surface area contributed by atoms with Crippen LogP contribution in [-0.2, 0) is 11.3 Å². The van der Waals surface area contributed by atoms with Crippen LogP contribution in [0.4, 0.5) is 4.39 Å². The molecule has 3 nitrogen and oxygen atoms in total. The van der Waals surface area contributed by atoms with E-state index < -0.39 is 7.12 Å². The van der Waals surface area contributed by atoms with Crippen LogP contribution in [-0.4, -0.2) is 19.3 Å². The summed E-state index contributed by atoms with van der Waals surface area (Å²) in [4.78, 5) is 0. The first kappa shape index (κ1) is 8.53. The zero-order valence-electron chi connectivity index (χ0n) is 7.08. The minimum atomic E-state index is -1.07. The Labute approximate surface area is 75.2 Å². The fraction of sp³-hybridized carbons (Fsp3) is 0.250. The summed E-state index contributed by atoms with van der Waals surface area (Å²) in [6.45, 7) is 0.0968. The quantitative estimate of drug-likeness (QED) is 0.623. The van der Waals surface area contributed by atoms with Crippen LogP contribution >= 0.6 is 0 Å². The summed E-state index contributed by atoms with van der Waals surface area (Å²) in [5.41, 5.74) is 0.786. The molecule has 1 aromatic rings. The predicted molar refractivity (Wildman–Crippen MR) is 45.3 cm³/mol. The van der Waals surface area contributed by atoms with Gasteiger partial charge >= 0.3 is 7.12 Å². The van der Waals surface area contributed by atoms with Gasteiger partial charge in [0.1, 0.15) is 11.6 Å². The van der Waals surface area contributed by atoms with Crippen molar-refractivity contribution in [3.63, 3.8) is 0 Å². The maximum absolute atomic E-state index is 13.1. The Kier molecular flexibility index (Phi) is 1.98. The second kappa shape index (κ2) is 3.01. The summed E-state index contributed by atoms with van der Waals surface area (Å²) in [6, 6.07) is 2.78. The van der Waals surface area contributed by atoms with E-state index in [1.54, 1.807) is 0 Å². The summed E-state index contributed by atoms with van der Waals surface area (Å²) < 4.78 is 23.0. The monoisotopic (exact) mass is 182 g/mol. The van der Waals surface area contributed by atoms with E-state index in [1.807, 2.05) is 0 Å². The highest BCUT2D eigenvalue weighted by Gasteiger charge is 2.33. The minimum absolute atomic E-state index is 0.0968. The standard InChI is InChI=1S/C8H8BFO3/c1-12-7-3-2-6(10)5-4-13-9(11)8(5)7/h2-3,11H,4H2,1H3. The van der Waals surface area contributed by atoms with Crippen molar-refractivity contribution in [3.05, 3.63) is 23.5 Å². The lowest BCUT2D eigenvalue weighted by Gasteiger charge is -2.06. The van der Waals surface area contributed by atoms with Gasteiger partial charge in [-0.1, -0.05) is 0 Å². The van der Waals surface area contributed by atoms with Crippen molar-refractivity contribution in [1.29, 1.82) is 0 Å². The van der Waals surface area contributed by atoms with Crippen molar-refractivity contribution in [1.82, 2.24) is 0 Å². The maximum Gasteiger partial charge on any atom is 0.495 e. The van der Waals surface area contributed by atoms with Crippen LogP contribution in [0.15, 0.2) is 12.1 Å². The van der Waals surface area contributed by atoms with Gasteiger partial charge in [-0.05, 0) is 12.1 Å². The second-order valence-electron chi connectivity index (χ2n) is 2.81. The minimum Gasteiger partial charge on any atom is -0.497 e. The molecule has 2 rings (SSSR count). The van der Waals surface area contributed by atoms with Crippen LogP contribution < -0.4 is 10.2 Å². The lowest BCUT2D eigenvalue weighted by molar-refractivity contribution is 0.272. The number of benzene rings is 1. The molecule has 0 radical (unpaired) electrons. The number of ether oxygens (including phenoxy) is 1. The molecule has 0 saturated carbocycles. The van der Waals surface area contributed by atoms with Gasteiger partial charge in [0.15, 0.2) is 0 Å². The number of rotatable bonds is 1. The molecule has 0 saturated heterocycles. The van der Waals surface area contributed by atoms with Crippen LogP contribution in [0.25, 0.3) is 0 Å². The number of hydrogen-bond donors (Lipinski definition) is 1. The van der Waals surface area contributed by atoms with Crippen molar-refractivity contribution in [3.8, 4) is 5.75 Å². The molecule has 0 amide bonds. The van der Waals surface area contributed by atoms with Crippen molar-refractivity contribution in [2.75, 3.05) is 7.11 Å². The second-order valence-corrected chi connectivity index (χ2v) is 2.81. The molecule has 1 N–H and O–H groups in total. The Hall–Kier alpha value is -1.07. The number of methoxy groups -OCH3 is 1. The van der Waals surface area contributed by atoms with Gasteiger partial charge < -0.3 is 14.4 Å². The molecule has 1 aromatic carbocycles. The SMILES string of the molecule is COc1ccc(F)c2c1B(O)OC2. The predicted octanol–water partition coefficient (Wildman–Crippen LogP) is 0.0520. The van der Waals surface area contributed by atoms with Crippen LogP contribution in [0.5, 0.6) is 5.75 Å². The van der Waals surface area contributed by atoms with Crippen LogP contribution in [0.2, 0.25) is 0 Å². The van der Waals surface area contributed by atoms with Crippen LogP contribution in [0.3, 0.4) is 0 Å². The summed E-state index contributed by atoms with van der Waals surface area (Å²) in [7, 11) is 0.402. The van der Waals surface area contributed by atoms with Crippen LogP contribution in [0, 0.1) is 5.82 Å². The highest BCUT2D eigenvalue weighted by Crippen LogP contribution is 2.20. The molecular formula is C8H8BFO3. The van der Waals surface area contributed by atoms with E-state index in [0.29, 0.717) is 16.8 Å². The third-order valence-corrected chi connectivity index (χ3v) is 2.11. The Morgan fingerprint density at radius 1 is 1.62 bits per heavy atom. The molecule has 68 valence electrons. The van der Waals surface area contributed by atoms with Gasteiger partial charge in [0.25, 0.3) is 0 Å². The number of halogens is 1. The molecular weight excluding hydrogens is 174 g/mol. The largest absolute Gasteiger partial charge is 0.497 e.